The number of carbonyl (C=O) groups excluding carboxylic acids is 2. The van der Waals surface area contributed by atoms with Gasteiger partial charge in [-0.1, -0.05) is 17.7 Å². The van der Waals surface area contributed by atoms with Crippen LogP contribution in [0.5, 0.6) is 11.5 Å². The summed E-state index contributed by atoms with van der Waals surface area (Å²) in [6, 6.07) is 3.62. The van der Waals surface area contributed by atoms with E-state index in [1.54, 1.807) is 30.6 Å². The lowest BCUT2D eigenvalue weighted by Crippen LogP contribution is -2.58. The maximum absolute atomic E-state index is 14.9. The van der Waals surface area contributed by atoms with Gasteiger partial charge in [0.15, 0.2) is 5.75 Å². The Hall–Kier alpha value is -3.27. The van der Waals surface area contributed by atoms with Gasteiger partial charge in [-0.15, -0.1) is 0 Å². The molecule has 2 atom stereocenters. The fraction of sp³-hybridized carbons (Fsp3) is 0.500. The topological polar surface area (TPSA) is 95.4 Å². The van der Waals surface area contributed by atoms with Crippen molar-refractivity contribution < 1.29 is 28.6 Å². The third-order valence-electron chi connectivity index (χ3n) is 6.93. The van der Waals surface area contributed by atoms with Crippen LogP contribution in [-0.2, 0) is 4.74 Å². The highest BCUT2D eigenvalue weighted by molar-refractivity contribution is 6.35. The average Bonchev–Trinajstić information content (AvgIpc) is 2.96. The Morgan fingerprint density at radius 3 is 2.59 bits per heavy atom. The van der Waals surface area contributed by atoms with Crippen molar-refractivity contribution in [3.8, 4) is 22.8 Å². The first-order chi connectivity index (χ1) is 17.5. The van der Waals surface area contributed by atoms with Crippen LogP contribution in [0.4, 0.5) is 15.0 Å². The predicted octanol–water partition coefficient (Wildman–Crippen LogP) is 4.30. The van der Waals surface area contributed by atoms with Crippen LogP contribution in [0.1, 0.15) is 44.5 Å². The Morgan fingerprint density at radius 2 is 1.97 bits per heavy atom. The van der Waals surface area contributed by atoms with Gasteiger partial charge in [-0.25, -0.2) is 14.2 Å². The number of halogens is 2. The summed E-state index contributed by atoms with van der Waals surface area (Å²) in [7, 11) is 0. The Bertz CT molecular complexity index is 1250. The number of fused-ring (bicyclic) bond motifs is 2. The van der Waals surface area contributed by atoms with Gasteiger partial charge in [0.1, 0.15) is 45.9 Å². The summed E-state index contributed by atoms with van der Waals surface area (Å²) >= 11 is 6.73. The van der Waals surface area contributed by atoms with Gasteiger partial charge < -0.3 is 29.3 Å². The molecule has 3 aliphatic rings. The predicted molar refractivity (Wildman–Crippen MR) is 136 cm³/mol. The lowest BCUT2D eigenvalue weighted by Gasteiger charge is -2.42. The van der Waals surface area contributed by atoms with Crippen molar-refractivity contribution in [1.82, 2.24) is 14.8 Å². The van der Waals surface area contributed by atoms with Gasteiger partial charge in [-0.2, -0.15) is 0 Å². The molecule has 0 spiro atoms. The van der Waals surface area contributed by atoms with Gasteiger partial charge in [0.25, 0.3) is 5.91 Å². The van der Waals surface area contributed by atoms with E-state index in [0.717, 1.165) is 6.42 Å². The van der Waals surface area contributed by atoms with Gasteiger partial charge in [0.05, 0.1) is 11.6 Å². The Balaban J connectivity index is 1.56. The maximum Gasteiger partial charge on any atom is 0.410 e. The second kappa shape index (κ2) is 9.24. The monoisotopic (exact) mass is 532 g/mol. The Labute approximate surface area is 219 Å². The van der Waals surface area contributed by atoms with Crippen molar-refractivity contribution in [2.24, 2.45) is 0 Å². The minimum atomic E-state index is -0.692. The van der Waals surface area contributed by atoms with E-state index in [-0.39, 0.29) is 65.0 Å². The first-order valence-electron chi connectivity index (χ1n) is 12.4. The van der Waals surface area contributed by atoms with E-state index >= 15 is 0 Å². The zero-order chi connectivity index (χ0) is 26.6. The van der Waals surface area contributed by atoms with Crippen LogP contribution in [-0.4, -0.2) is 82.4 Å². The molecule has 1 aromatic heterocycles. The van der Waals surface area contributed by atoms with Crippen molar-refractivity contribution in [3.63, 3.8) is 0 Å². The molecule has 0 saturated carbocycles. The number of nitrogens with zero attached hydrogens (tertiary/aromatic N) is 4. The van der Waals surface area contributed by atoms with E-state index < -0.39 is 23.6 Å². The van der Waals surface area contributed by atoms with Crippen molar-refractivity contribution >= 4 is 29.4 Å². The second-order valence-corrected chi connectivity index (χ2v) is 11.0. The number of phenolic OH excluding ortho intramolecular Hbond substituents is 1. The fourth-order valence-electron chi connectivity index (χ4n) is 4.89. The lowest BCUT2D eigenvalue weighted by molar-refractivity contribution is 0.000952. The van der Waals surface area contributed by atoms with E-state index in [9.17, 15) is 19.1 Å². The van der Waals surface area contributed by atoms with Gasteiger partial charge >= 0.3 is 6.09 Å². The number of aromatic hydroxyl groups is 1. The molecule has 2 fully saturated rings. The van der Waals surface area contributed by atoms with E-state index in [2.05, 4.69) is 4.98 Å². The minimum Gasteiger partial charge on any atom is -0.507 e. The van der Waals surface area contributed by atoms with E-state index in [1.807, 2.05) is 11.8 Å². The van der Waals surface area contributed by atoms with Crippen LogP contribution >= 0.6 is 11.6 Å². The summed E-state index contributed by atoms with van der Waals surface area (Å²) in [5.74, 6) is -0.874. The third kappa shape index (κ3) is 4.52. The Kier molecular flexibility index (Phi) is 6.34. The summed E-state index contributed by atoms with van der Waals surface area (Å²) in [6.45, 7) is 8.97. The first-order valence-corrected chi connectivity index (χ1v) is 12.7. The first kappa shape index (κ1) is 25.4. The van der Waals surface area contributed by atoms with Crippen LogP contribution in [0.2, 0.25) is 5.02 Å². The van der Waals surface area contributed by atoms with Crippen LogP contribution in [0.15, 0.2) is 18.2 Å². The van der Waals surface area contributed by atoms with Gasteiger partial charge in [-0.05, 0) is 46.2 Å². The highest BCUT2D eigenvalue weighted by Gasteiger charge is 2.43. The number of anilines is 1. The largest absolute Gasteiger partial charge is 0.507 e. The standard InChI is InChI=1S/C26H30ClFN4O5/c1-14-8-9-31(14)23-19-22(20(27)21(29-23)18-16(28)6-5-7-17(18)33)36-13-15-12-30(10-11-32(15)24(19)34)25(35)37-26(2,3)4/h5-7,14-15,33H,8-13H2,1-4H3/t14-,15+/m0/s1. The number of amides is 2. The molecule has 0 unspecified atom stereocenters. The highest BCUT2D eigenvalue weighted by atomic mass is 35.5. The Morgan fingerprint density at radius 1 is 1.22 bits per heavy atom. The van der Waals surface area contributed by atoms with E-state index in [0.29, 0.717) is 18.9 Å². The van der Waals surface area contributed by atoms with Gasteiger partial charge in [-0.3, -0.25) is 4.79 Å². The number of piperazine rings is 1. The summed E-state index contributed by atoms with van der Waals surface area (Å²) in [6.07, 6.45) is 0.458. The van der Waals surface area contributed by atoms with Crippen LogP contribution in [0, 0.1) is 5.82 Å². The molecule has 2 saturated heterocycles. The van der Waals surface area contributed by atoms with Crippen molar-refractivity contribution in [3.05, 3.63) is 34.6 Å². The summed E-state index contributed by atoms with van der Waals surface area (Å²) < 4.78 is 26.5. The number of aromatic nitrogens is 1. The van der Waals surface area contributed by atoms with E-state index in [1.165, 1.54) is 18.2 Å². The van der Waals surface area contributed by atoms with Gasteiger partial charge in [0.2, 0.25) is 0 Å². The van der Waals surface area contributed by atoms with Crippen molar-refractivity contribution in [2.75, 3.05) is 37.7 Å². The molecule has 9 nitrogen and oxygen atoms in total. The molecule has 0 radical (unpaired) electrons. The lowest BCUT2D eigenvalue weighted by atomic mass is 10.0. The maximum atomic E-state index is 14.9. The van der Waals surface area contributed by atoms with Crippen molar-refractivity contribution in [2.45, 2.75) is 51.8 Å². The number of hydrogen-bond acceptors (Lipinski definition) is 7. The average molecular weight is 533 g/mol. The third-order valence-corrected chi connectivity index (χ3v) is 7.28. The molecule has 2 amide bonds. The zero-order valence-corrected chi connectivity index (χ0v) is 22.0. The SMILES string of the molecule is C[C@H]1CCN1c1nc(-c2c(O)cccc2F)c(Cl)c2c1C(=O)N1CCN(C(=O)OC(C)(C)C)C[C@@H]1CO2. The molecule has 1 aromatic carbocycles. The normalized spacial score (nSPS) is 21.5. The zero-order valence-electron chi connectivity index (χ0n) is 21.3. The molecule has 3 aliphatic heterocycles. The van der Waals surface area contributed by atoms with Crippen LogP contribution in [0.25, 0.3) is 11.3 Å². The number of pyridine rings is 1. The molecule has 4 heterocycles. The summed E-state index contributed by atoms with van der Waals surface area (Å²) in [5, 5.41) is 10.4. The molecule has 198 valence electrons. The number of benzene rings is 1. The fourth-order valence-corrected chi connectivity index (χ4v) is 5.18. The molecule has 37 heavy (non-hydrogen) atoms. The summed E-state index contributed by atoms with van der Waals surface area (Å²) in [5.41, 5.74) is -0.576. The molecule has 0 bridgehead atoms. The number of hydrogen-bond donors (Lipinski definition) is 1. The number of rotatable bonds is 2. The molecule has 5 rings (SSSR count). The molecular weight excluding hydrogens is 503 g/mol. The second-order valence-electron chi connectivity index (χ2n) is 10.7. The quantitative estimate of drug-likeness (QED) is 0.616. The number of phenols is 1. The highest BCUT2D eigenvalue weighted by Crippen LogP contribution is 2.47. The van der Waals surface area contributed by atoms with Crippen molar-refractivity contribution in [1.29, 1.82) is 0 Å². The number of carbonyl (C=O) groups is 2. The van der Waals surface area contributed by atoms with Crippen LogP contribution < -0.4 is 9.64 Å². The molecule has 0 aliphatic carbocycles. The molecule has 1 N–H and O–H groups in total. The smallest absolute Gasteiger partial charge is 0.410 e. The number of ether oxygens (including phenoxy) is 2. The van der Waals surface area contributed by atoms with Crippen LogP contribution in [0.3, 0.4) is 0 Å². The molecule has 2 aromatic rings. The summed E-state index contributed by atoms with van der Waals surface area (Å²) in [4.78, 5) is 36.5. The molecular formula is C26H30ClFN4O5. The van der Waals surface area contributed by atoms with E-state index in [4.69, 9.17) is 21.1 Å². The minimum absolute atomic E-state index is 0.00756. The molecule has 11 heteroatoms. The van der Waals surface area contributed by atoms with Gasteiger partial charge in [0, 0.05) is 32.2 Å².